The molecule has 0 aromatic rings. The zero-order valence-electron chi connectivity index (χ0n) is 15.4. The summed E-state index contributed by atoms with van der Waals surface area (Å²) in [7, 11) is 2.12. The highest BCUT2D eigenvalue weighted by Gasteiger charge is 2.40. The van der Waals surface area contributed by atoms with Crippen LogP contribution in [0, 0.1) is 5.41 Å². The lowest BCUT2D eigenvalue weighted by Crippen LogP contribution is -2.58. The van der Waals surface area contributed by atoms with Crippen LogP contribution in [0.5, 0.6) is 0 Å². The number of piperazine rings is 1. The van der Waals surface area contributed by atoms with Gasteiger partial charge in [0.2, 0.25) is 12.3 Å². The Morgan fingerprint density at radius 1 is 1.32 bits per heavy atom. The van der Waals surface area contributed by atoms with Gasteiger partial charge in [0.25, 0.3) is 0 Å². The molecule has 2 aliphatic heterocycles. The fourth-order valence-electron chi connectivity index (χ4n) is 4.36. The molecule has 1 saturated heterocycles. The molecule has 1 fully saturated rings. The summed E-state index contributed by atoms with van der Waals surface area (Å²) in [6.07, 6.45) is 5.06. The molecular formula is C18H29N5O2. The van der Waals surface area contributed by atoms with Gasteiger partial charge in [-0.3, -0.25) is 19.4 Å². The Kier molecular flexibility index (Phi) is 4.88. The van der Waals surface area contributed by atoms with E-state index in [1.165, 1.54) is 11.3 Å². The number of nitrogens with one attached hydrogen (secondary N) is 1. The van der Waals surface area contributed by atoms with Gasteiger partial charge in [-0.25, -0.2) is 0 Å². The Labute approximate surface area is 149 Å². The van der Waals surface area contributed by atoms with E-state index in [0.29, 0.717) is 6.54 Å². The van der Waals surface area contributed by atoms with E-state index in [1.54, 1.807) is 0 Å². The maximum atomic E-state index is 11.1. The number of amides is 2. The van der Waals surface area contributed by atoms with Gasteiger partial charge in [-0.1, -0.05) is 13.8 Å². The second-order valence-electron chi connectivity index (χ2n) is 8.11. The summed E-state index contributed by atoms with van der Waals surface area (Å²) in [5, 5.41) is 2.92. The fraction of sp³-hybridized carbons (Fsp3) is 0.667. The number of allylic oxidation sites excluding steroid dienone is 3. The number of nitrogens with two attached hydrogens (primary N) is 1. The Morgan fingerprint density at radius 2 is 2.00 bits per heavy atom. The van der Waals surface area contributed by atoms with Gasteiger partial charge in [0, 0.05) is 38.9 Å². The summed E-state index contributed by atoms with van der Waals surface area (Å²) in [4.78, 5) is 29.0. The number of hydrogen-bond acceptors (Lipinski definition) is 5. The van der Waals surface area contributed by atoms with Crippen LogP contribution in [0.25, 0.3) is 0 Å². The molecular weight excluding hydrogens is 318 g/mol. The van der Waals surface area contributed by atoms with Crippen LogP contribution >= 0.6 is 0 Å². The number of carbonyl (C=O) groups is 2. The Morgan fingerprint density at radius 3 is 2.60 bits per heavy atom. The van der Waals surface area contributed by atoms with Gasteiger partial charge in [0.05, 0.1) is 12.2 Å². The van der Waals surface area contributed by atoms with Crippen molar-refractivity contribution in [1.29, 1.82) is 0 Å². The number of hydrogen-bond donors (Lipinski definition) is 2. The molecule has 1 atom stereocenters. The van der Waals surface area contributed by atoms with Gasteiger partial charge in [0.15, 0.2) is 0 Å². The van der Waals surface area contributed by atoms with Crippen LogP contribution in [0.15, 0.2) is 23.0 Å². The predicted octanol–water partition coefficient (Wildman–Crippen LogP) is 0.0648. The molecule has 0 saturated carbocycles. The molecule has 3 rings (SSSR count). The Hall–Kier alpha value is -1.86. The first-order valence-electron chi connectivity index (χ1n) is 8.92. The minimum atomic E-state index is -0.283. The quantitative estimate of drug-likeness (QED) is 0.688. The summed E-state index contributed by atoms with van der Waals surface area (Å²) in [6.45, 7) is 8.18. The molecule has 2 heterocycles. The highest BCUT2D eigenvalue weighted by molar-refractivity contribution is 5.75. The lowest BCUT2D eigenvalue weighted by atomic mass is 9.89. The Balaban J connectivity index is 1.76. The molecule has 0 bridgehead atoms. The van der Waals surface area contributed by atoms with Crippen LogP contribution < -0.4 is 11.1 Å². The molecule has 0 aromatic carbocycles. The van der Waals surface area contributed by atoms with Gasteiger partial charge in [-0.15, -0.1) is 0 Å². The molecule has 25 heavy (non-hydrogen) atoms. The lowest BCUT2D eigenvalue weighted by molar-refractivity contribution is -0.119. The average Bonchev–Trinajstić information content (AvgIpc) is 2.83. The minimum Gasteiger partial charge on any atom is -0.369 e. The SMILES string of the molecule is CN1C2=C(C=C(NC=O)C1N1CCN(CC(N)=O)CC1)CC(C)(C)C2. The smallest absolute Gasteiger partial charge is 0.231 e. The van der Waals surface area contributed by atoms with Crippen molar-refractivity contribution in [3.63, 3.8) is 0 Å². The largest absolute Gasteiger partial charge is 0.369 e. The van der Waals surface area contributed by atoms with Crippen molar-refractivity contribution in [3.05, 3.63) is 23.0 Å². The number of rotatable bonds is 5. The van der Waals surface area contributed by atoms with Crippen molar-refractivity contribution in [3.8, 4) is 0 Å². The van der Waals surface area contributed by atoms with E-state index in [1.807, 2.05) is 0 Å². The van der Waals surface area contributed by atoms with Crippen LogP contribution in [0.2, 0.25) is 0 Å². The van der Waals surface area contributed by atoms with Crippen molar-refractivity contribution in [1.82, 2.24) is 20.0 Å². The average molecular weight is 347 g/mol. The van der Waals surface area contributed by atoms with E-state index in [4.69, 9.17) is 5.73 Å². The second kappa shape index (κ2) is 6.80. The zero-order valence-corrected chi connectivity index (χ0v) is 15.4. The van der Waals surface area contributed by atoms with Crippen molar-refractivity contribution < 1.29 is 9.59 Å². The van der Waals surface area contributed by atoms with E-state index in [-0.39, 0.29) is 17.5 Å². The van der Waals surface area contributed by atoms with E-state index in [9.17, 15) is 9.59 Å². The van der Waals surface area contributed by atoms with E-state index >= 15 is 0 Å². The lowest BCUT2D eigenvalue weighted by Gasteiger charge is -2.46. The molecule has 7 heteroatoms. The first kappa shape index (κ1) is 17.9. The number of primary amides is 1. The van der Waals surface area contributed by atoms with E-state index in [0.717, 1.165) is 51.1 Å². The molecule has 0 aromatic heterocycles. The molecule has 0 radical (unpaired) electrons. The maximum absolute atomic E-state index is 11.1. The molecule has 3 N–H and O–H groups in total. The van der Waals surface area contributed by atoms with Gasteiger partial charge in [-0.2, -0.15) is 0 Å². The standard InChI is InChI=1S/C18H29N5O2/c1-18(2)9-13-8-14(20-12-24)17(21(3)15(13)10-18)23-6-4-22(5-7-23)11-16(19)25/h8,12,17H,4-7,9-11H2,1-3H3,(H2,19,25)(H,20,24). The zero-order chi connectivity index (χ0) is 18.2. The third-order valence-electron chi connectivity index (χ3n) is 5.44. The van der Waals surface area contributed by atoms with Gasteiger partial charge < -0.3 is 16.0 Å². The van der Waals surface area contributed by atoms with Crippen LogP contribution in [0.1, 0.15) is 26.7 Å². The first-order valence-corrected chi connectivity index (χ1v) is 8.92. The normalized spacial score (nSPS) is 27.1. The topological polar surface area (TPSA) is 81.9 Å². The second-order valence-corrected chi connectivity index (χ2v) is 8.11. The summed E-state index contributed by atoms with van der Waals surface area (Å²) in [5.41, 5.74) is 9.22. The number of carbonyl (C=O) groups excluding carboxylic acids is 2. The number of nitrogens with zero attached hydrogens (tertiary/aromatic N) is 3. The molecule has 138 valence electrons. The van der Waals surface area contributed by atoms with Crippen LogP contribution in [-0.4, -0.2) is 73.0 Å². The highest BCUT2D eigenvalue weighted by atomic mass is 16.1. The van der Waals surface area contributed by atoms with Crippen LogP contribution in [0.3, 0.4) is 0 Å². The van der Waals surface area contributed by atoms with Crippen molar-refractivity contribution in [2.24, 2.45) is 11.1 Å². The van der Waals surface area contributed by atoms with Gasteiger partial charge >= 0.3 is 0 Å². The Bertz CT molecular complexity index is 617. The monoisotopic (exact) mass is 347 g/mol. The minimum absolute atomic E-state index is 0.0357. The fourth-order valence-corrected chi connectivity index (χ4v) is 4.36. The van der Waals surface area contributed by atoms with Crippen molar-refractivity contribution in [2.75, 3.05) is 39.8 Å². The molecule has 3 aliphatic rings. The highest BCUT2D eigenvalue weighted by Crippen LogP contribution is 2.46. The molecule has 1 unspecified atom stereocenters. The molecule has 2 amide bonds. The molecule has 0 spiro atoms. The van der Waals surface area contributed by atoms with Crippen LogP contribution in [-0.2, 0) is 9.59 Å². The first-order chi connectivity index (χ1) is 11.8. The van der Waals surface area contributed by atoms with Gasteiger partial charge in [0.1, 0.15) is 6.17 Å². The predicted molar refractivity (Wildman–Crippen MR) is 96.1 cm³/mol. The third-order valence-corrected chi connectivity index (χ3v) is 5.44. The van der Waals surface area contributed by atoms with E-state index < -0.39 is 0 Å². The summed E-state index contributed by atoms with van der Waals surface area (Å²) >= 11 is 0. The van der Waals surface area contributed by atoms with Crippen molar-refractivity contribution in [2.45, 2.75) is 32.9 Å². The molecule has 1 aliphatic carbocycles. The summed E-state index contributed by atoms with van der Waals surface area (Å²) in [5.74, 6) is -0.283. The van der Waals surface area contributed by atoms with Gasteiger partial charge in [-0.05, 0) is 29.9 Å². The number of likely N-dealkylation sites (N-methyl/N-ethyl adjacent to an activating group) is 1. The third kappa shape index (κ3) is 3.72. The molecule has 7 nitrogen and oxygen atoms in total. The van der Waals surface area contributed by atoms with E-state index in [2.05, 4.69) is 47.0 Å². The summed E-state index contributed by atoms with van der Waals surface area (Å²) < 4.78 is 0. The summed E-state index contributed by atoms with van der Waals surface area (Å²) in [6, 6.07) is 0. The van der Waals surface area contributed by atoms with Crippen LogP contribution in [0.4, 0.5) is 0 Å². The van der Waals surface area contributed by atoms with Crippen molar-refractivity contribution >= 4 is 12.3 Å². The maximum Gasteiger partial charge on any atom is 0.231 e.